The highest BCUT2D eigenvalue weighted by Gasteiger charge is 2.30. The number of alkyl halides is 3. The largest absolute Gasteiger partial charge is 0.416 e. The second-order valence-electron chi connectivity index (χ2n) is 6.92. The minimum atomic E-state index is -4.43. The first-order valence-corrected chi connectivity index (χ1v) is 9.22. The molecule has 0 aliphatic heterocycles. The zero-order valence-electron chi connectivity index (χ0n) is 15.2. The van der Waals surface area contributed by atoms with Crippen molar-refractivity contribution in [2.75, 3.05) is 5.32 Å². The van der Waals surface area contributed by atoms with Gasteiger partial charge in [-0.2, -0.15) is 13.2 Å². The number of nitrogens with one attached hydrogen (secondary N) is 2. The van der Waals surface area contributed by atoms with E-state index in [1.54, 1.807) is 18.2 Å². The Morgan fingerprint density at radius 2 is 1.46 bits per heavy atom. The Bertz CT molecular complexity index is 841. The quantitative estimate of drug-likeness (QED) is 0.770. The van der Waals surface area contributed by atoms with Gasteiger partial charge in [-0.1, -0.05) is 25.3 Å². The van der Waals surface area contributed by atoms with E-state index < -0.39 is 17.6 Å². The van der Waals surface area contributed by atoms with Crippen LogP contribution in [0.1, 0.15) is 58.4 Å². The second kappa shape index (κ2) is 8.46. The number of carbonyl (C=O) groups is 2. The predicted molar refractivity (Wildman–Crippen MR) is 100 cm³/mol. The number of anilines is 1. The van der Waals surface area contributed by atoms with Crippen LogP contribution < -0.4 is 10.6 Å². The first kappa shape index (κ1) is 19.9. The lowest BCUT2D eigenvalue weighted by Crippen LogP contribution is -2.36. The van der Waals surface area contributed by atoms with Gasteiger partial charge >= 0.3 is 6.18 Å². The van der Waals surface area contributed by atoms with Crippen LogP contribution in [0.15, 0.2) is 48.5 Å². The molecular weight excluding hydrogens is 369 g/mol. The van der Waals surface area contributed by atoms with E-state index in [-0.39, 0.29) is 23.2 Å². The smallest absolute Gasteiger partial charge is 0.349 e. The van der Waals surface area contributed by atoms with Crippen molar-refractivity contribution in [2.45, 2.75) is 44.3 Å². The summed E-state index contributed by atoms with van der Waals surface area (Å²) in [6.07, 6.45) is 0.870. The summed E-state index contributed by atoms with van der Waals surface area (Å²) < 4.78 is 37.8. The molecule has 2 N–H and O–H groups in total. The Morgan fingerprint density at radius 1 is 0.857 bits per heavy atom. The Morgan fingerprint density at radius 3 is 2.07 bits per heavy atom. The van der Waals surface area contributed by atoms with Crippen molar-refractivity contribution in [1.29, 1.82) is 0 Å². The van der Waals surface area contributed by atoms with Gasteiger partial charge in [0.1, 0.15) is 0 Å². The highest BCUT2D eigenvalue weighted by molar-refractivity contribution is 6.06. The lowest BCUT2D eigenvalue weighted by Gasteiger charge is -2.22. The maximum absolute atomic E-state index is 12.6. The van der Waals surface area contributed by atoms with E-state index in [4.69, 9.17) is 0 Å². The fourth-order valence-corrected chi connectivity index (χ4v) is 3.26. The molecule has 1 aliphatic rings. The van der Waals surface area contributed by atoms with Crippen LogP contribution in [0.2, 0.25) is 0 Å². The molecule has 1 saturated carbocycles. The summed E-state index contributed by atoms with van der Waals surface area (Å²) >= 11 is 0. The lowest BCUT2D eigenvalue weighted by molar-refractivity contribution is -0.137. The molecule has 2 aromatic carbocycles. The summed E-state index contributed by atoms with van der Waals surface area (Å²) in [7, 11) is 0. The predicted octanol–water partition coefficient (Wildman–Crippen LogP) is 5.02. The SMILES string of the molecule is O=C(Nc1ccc(C(F)(F)F)cc1)c1cccc(C(=O)NC2CCCCC2)c1. The molecule has 0 radical (unpaired) electrons. The van der Waals surface area contributed by atoms with Crippen LogP contribution in [0.4, 0.5) is 18.9 Å². The highest BCUT2D eigenvalue weighted by atomic mass is 19.4. The average Bonchev–Trinajstić information content (AvgIpc) is 2.68. The van der Waals surface area contributed by atoms with E-state index in [1.165, 1.54) is 24.6 Å². The summed E-state index contributed by atoms with van der Waals surface area (Å²) in [5.41, 5.74) is 0.101. The Labute approximate surface area is 161 Å². The molecule has 2 aromatic rings. The van der Waals surface area contributed by atoms with Gasteiger partial charge in [-0.25, -0.2) is 0 Å². The fourth-order valence-electron chi connectivity index (χ4n) is 3.26. The van der Waals surface area contributed by atoms with Crippen molar-refractivity contribution in [3.8, 4) is 0 Å². The van der Waals surface area contributed by atoms with Crippen molar-refractivity contribution in [3.05, 3.63) is 65.2 Å². The van der Waals surface area contributed by atoms with Gasteiger partial charge in [0.15, 0.2) is 0 Å². The molecule has 1 aliphatic carbocycles. The summed E-state index contributed by atoms with van der Waals surface area (Å²) in [6.45, 7) is 0. The molecule has 4 nitrogen and oxygen atoms in total. The molecule has 1 fully saturated rings. The Balaban J connectivity index is 1.65. The maximum atomic E-state index is 12.6. The first-order valence-electron chi connectivity index (χ1n) is 9.22. The maximum Gasteiger partial charge on any atom is 0.416 e. The average molecular weight is 390 g/mol. The van der Waals surface area contributed by atoms with Crippen LogP contribution in [0.5, 0.6) is 0 Å². The van der Waals surface area contributed by atoms with Gasteiger partial charge < -0.3 is 10.6 Å². The number of rotatable bonds is 4. The molecule has 148 valence electrons. The summed E-state index contributed by atoms with van der Waals surface area (Å²) in [5, 5.41) is 5.54. The van der Waals surface area contributed by atoms with E-state index in [1.807, 2.05) is 0 Å². The molecule has 0 heterocycles. The van der Waals surface area contributed by atoms with E-state index in [0.717, 1.165) is 37.8 Å². The number of carbonyl (C=O) groups excluding carboxylic acids is 2. The second-order valence-corrected chi connectivity index (χ2v) is 6.92. The molecule has 0 unspecified atom stereocenters. The van der Waals surface area contributed by atoms with Gasteiger partial charge in [-0.15, -0.1) is 0 Å². The van der Waals surface area contributed by atoms with Gasteiger partial charge in [0, 0.05) is 22.9 Å². The van der Waals surface area contributed by atoms with Crippen LogP contribution in [-0.2, 0) is 6.18 Å². The van der Waals surface area contributed by atoms with Crippen LogP contribution in [0.25, 0.3) is 0 Å². The number of hydrogen-bond acceptors (Lipinski definition) is 2. The molecule has 0 saturated heterocycles. The molecule has 0 bridgehead atoms. The van der Waals surface area contributed by atoms with Gasteiger partial charge in [0.2, 0.25) is 0 Å². The number of hydrogen-bond donors (Lipinski definition) is 2. The van der Waals surface area contributed by atoms with Gasteiger partial charge in [-0.05, 0) is 55.3 Å². The van der Waals surface area contributed by atoms with Crippen molar-refractivity contribution >= 4 is 17.5 Å². The van der Waals surface area contributed by atoms with Crippen molar-refractivity contribution in [2.24, 2.45) is 0 Å². The minimum absolute atomic E-state index is 0.158. The van der Waals surface area contributed by atoms with E-state index >= 15 is 0 Å². The molecule has 28 heavy (non-hydrogen) atoms. The molecule has 0 aromatic heterocycles. The fraction of sp³-hybridized carbons (Fsp3) is 0.333. The monoisotopic (exact) mass is 390 g/mol. The molecule has 0 atom stereocenters. The first-order chi connectivity index (χ1) is 13.3. The van der Waals surface area contributed by atoms with Gasteiger partial charge in [0.25, 0.3) is 11.8 Å². The van der Waals surface area contributed by atoms with Crippen LogP contribution in [0.3, 0.4) is 0 Å². The zero-order chi connectivity index (χ0) is 20.1. The van der Waals surface area contributed by atoms with Crippen LogP contribution in [-0.4, -0.2) is 17.9 Å². The Kier molecular flexibility index (Phi) is 6.02. The molecule has 0 spiro atoms. The van der Waals surface area contributed by atoms with Crippen LogP contribution in [0, 0.1) is 0 Å². The normalized spacial score (nSPS) is 15.1. The number of halogens is 3. The third kappa shape index (κ3) is 5.12. The molecule has 2 amide bonds. The number of amides is 2. The van der Waals surface area contributed by atoms with Crippen molar-refractivity contribution < 1.29 is 22.8 Å². The summed E-state index contributed by atoms with van der Waals surface area (Å²) in [4.78, 5) is 24.8. The van der Waals surface area contributed by atoms with Crippen molar-refractivity contribution in [3.63, 3.8) is 0 Å². The molecular formula is C21H21F3N2O2. The third-order valence-corrected chi connectivity index (χ3v) is 4.80. The van der Waals surface area contributed by atoms with Crippen LogP contribution >= 0.6 is 0 Å². The zero-order valence-corrected chi connectivity index (χ0v) is 15.2. The molecule has 7 heteroatoms. The van der Waals surface area contributed by atoms with Gasteiger partial charge in [-0.3, -0.25) is 9.59 Å². The summed E-state index contributed by atoms with van der Waals surface area (Å²) in [5.74, 6) is -0.719. The third-order valence-electron chi connectivity index (χ3n) is 4.80. The Hall–Kier alpha value is -2.83. The van der Waals surface area contributed by atoms with E-state index in [0.29, 0.717) is 5.56 Å². The summed E-state index contributed by atoms with van der Waals surface area (Å²) in [6, 6.07) is 10.6. The lowest BCUT2D eigenvalue weighted by atomic mass is 9.95. The topological polar surface area (TPSA) is 58.2 Å². The standard InChI is InChI=1S/C21H21F3N2O2/c22-21(23,24)16-9-11-18(12-10-16)26-20(28)15-6-4-5-14(13-15)19(27)25-17-7-2-1-3-8-17/h4-6,9-13,17H,1-3,7-8H2,(H,25,27)(H,26,28). The highest BCUT2D eigenvalue weighted by Crippen LogP contribution is 2.29. The van der Waals surface area contributed by atoms with E-state index in [2.05, 4.69) is 10.6 Å². The van der Waals surface area contributed by atoms with Gasteiger partial charge in [0.05, 0.1) is 5.56 Å². The molecule has 3 rings (SSSR count). The van der Waals surface area contributed by atoms with E-state index in [9.17, 15) is 22.8 Å². The number of benzene rings is 2. The van der Waals surface area contributed by atoms with Crippen molar-refractivity contribution in [1.82, 2.24) is 5.32 Å². The minimum Gasteiger partial charge on any atom is -0.349 e.